The number of likely N-dealkylation sites (N-methyl/N-ethyl adjacent to an activating group) is 1. The smallest absolute Gasteiger partial charge is 0.270 e. The van der Waals surface area contributed by atoms with Gasteiger partial charge in [0.25, 0.3) is 5.91 Å². The Morgan fingerprint density at radius 2 is 2.12 bits per heavy atom. The zero-order valence-electron chi connectivity index (χ0n) is 14.6. The predicted octanol–water partition coefficient (Wildman–Crippen LogP) is 3.09. The largest absolute Gasteiger partial charge is 0.361 e. The molecule has 0 aliphatic carbocycles. The second-order valence-electron chi connectivity index (χ2n) is 6.31. The van der Waals surface area contributed by atoms with E-state index in [0.29, 0.717) is 24.3 Å². The van der Waals surface area contributed by atoms with Crippen molar-refractivity contribution in [2.24, 2.45) is 0 Å². The van der Waals surface area contributed by atoms with E-state index in [1.165, 1.54) is 12.1 Å². The van der Waals surface area contributed by atoms with Gasteiger partial charge >= 0.3 is 0 Å². The molecule has 0 saturated carbocycles. The normalized spacial score (nSPS) is 12.5. The van der Waals surface area contributed by atoms with Crippen LogP contribution in [0.1, 0.15) is 23.0 Å². The molecule has 0 saturated heterocycles. The predicted molar refractivity (Wildman–Crippen MR) is 95.7 cm³/mol. The zero-order valence-corrected chi connectivity index (χ0v) is 14.6. The first kappa shape index (κ1) is 18.0. The Balaban J connectivity index is 1.60. The Labute approximate surface area is 150 Å². The summed E-state index contributed by atoms with van der Waals surface area (Å²) in [6.07, 6.45) is 3.34. The van der Waals surface area contributed by atoms with E-state index < -0.39 is 11.6 Å². The molecule has 1 unspecified atom stereocenters. The first-order chi connectivity index (χ1) is 12.5. The molecule has 3 aromatic rings. The van der Waals surface area contributed by atoms with Crippen molar-refractivity contribution in [1.82, 2.24) is 20.2 Å². The molecule has 1 aromatic carbocycles. The summed E-state index contributed by atoms with van der Waals surface area (Å²) in [6, 6.07) is 7.11. The van der Waals surface area contributed by atoms with Crippen LogP contribution in [0.3, 0.4) is 0 Å². The summed E-state index contributed by atoms with van der Waals surface area (Å²) in [5, 5.41) is 3.62. The highest BCUT2D eigenvalue weighted by Crippen LogP contribution is 2.15. The second kappa shape index (κ2) is 7.61. The third kappa shape index (κ3) is 3.88. The highest BCUT2D eigenvalue weighted by Gasteiger charge is 2.16. The van der Waals surface area contributed by atoms with E-state index in [1.807, 2.05) is 24.9 Å². The monoisotopic (exact) mass is 358 g/mol. The van der Waals surface area contributed by atoms with E-state index in [2.05, 4.69) is 15.3 Å². The van der Waals surface area contributed by atoms with E-state index in [4.69, 9.17) is 0 Å². The van der Waals surface area contributed by atoms with Crippen molar-refractivity contribution in [2.45, 2.75) is 19.5 Å². The number of aromatic amines is 1. The SMILES string of the molecule is CC(CNC(=O)c1nccc2[nH]ccc12)N(C)Cc1ccc(F)cc1F. The van der Waals surface area contributed by atoms with Crippen molar-refractivity contribution in [3.8, 4) is 0 Å². The fourth-order valence-corrected chi connectivity index (χ4v) is 2.72. The van der Waals surface area contributed by atoms with E-state index in [0.717, 1.165) is 17.0 Å². The molecule has 0 aliphatic rings. The number of H-pyrrole nitrogens is 1. The Morgan fingerprint density at radius 1 is 1.31 bits per heavy atom. The van der Waals surface area contributed by atoms with Crippen LogP contribution in [0.2, 0.25) is 0 Å². The lowest BCUT2D eigenvalue weighted by molar-refractivity contribution is 0.0936. The van der Waals surface area contributed by atoms with Crippen molar-refractivity contribution in [3.63, 3.8) is 0 Å². The van der Waals surface area contributed by atoms with Gasteiger partial charge in [0.2, 0.25) is 0 Å². The van der Waals surface area contributed by atoms with Crippen LogP contribution in [0.15, 0.2) is 42.7 Å². The maximum absolute atomic E-state index is 13.8. The number of carbonyl (C=O) groups excluding carboxylic acids is 1. The van der Waals surface area contributed by atoms with Crippen molar-refractivity contribution in [3.05, 3.63) is 65.6 Å². The molecule has 136 valence electrons. The molecular formula is C19H20F2N4O. The summed E-state index contributed by atoms with van der Waals surface area (Å²) in [6.45, 7) is 2.61. The van der Waals surface area contributed by atoms with Crippen molar-refractivity contribution < 1.29 is 13.6 Å². The molecule has 1 atom stereocenters. The van der Waals surface area contributed by atoms with Gasteiger partial charge in [0.05, 0.1) is 0 Å². The van der Waals surface area contributed by atoms with Crippen LogP contribution in [0.4, 0.5) is 8.78 Å². The lowest BCUT2D eigenvalue weighted by Gasteiger charge is -2.25. The lowest BCUT2D eigenvalue weighted by Crippen LogP contribution is -2.40. The van der Waals surface area contributed by atoms with E-state index in [9.17, 15) is 13.6 Å². The minimum absolute atomic E-state index is 0.0474. The third-order valence-electron chi connectivity index (χ3n) is 4.44. The highest BCUT2D eigenvalue weighted by atomic mass is 19.1. The Morgan fingerprint density at radius 3 is 2.88 bits per heavy atom. The number of carbonyl (C=O) groups is 1. The number of aromatic nitrogens is 2. The van der Waals surface area contributed by atoms with Crippen molar-refractivity contribution in [1.29, 1.82) is 0 Å². The number of nitrogens with one attached hydrogen (secondary N) is 2. The third-order valence-corrected chi connectivity index (χ3v) is 4.44. The van der Waals surface area contributed by atoms with Gasteiger partial charge in [-0.25, -0.2) is 8.78 Å². The summed E-state index contributed by atoms with van der Waals surface area (Å²) in [4.78, 5) is 21.5. The highest BCUT2D eigenvalue weighted by molar-refractivity contribution is 6.04. The number of halogens is 2. The summed E-state index contributed by atoms with van der Waals surface area (Å²) >= 11 is 0. The summed E-state index contributed by atoms with van der Waals surface area (Å²) < 4.78 is 26.8. The summed E-state index contributed by atoms with van der Waals surface area (Å²) in [7, 11) is 1.82. The standard InChI is InChI=1S/C19H20F2N4O/c1-12(25(2)11-13-3-4-14(20)9-16(13)21)10-24-19(26)18-15-5-7-22-17(15)6-8-23-18/h3-9,12,22H,10-11H2,1-2H3,(H,24,26). The first-order valence-electron chi connectivity index (χ1n) is 8.30. The van der Waals surface area contributed by atoms with Crippen molar-refractivity contribution in [2.75, 3.05) is 13.6 Å². The number of pyridine rings is 1. The molecule has 0 spiro atoms. The van der Waals surface area contributed by atoms with Gasteiger partial charge < -0.3 is 10.3 Å². The number of fused-ring (bicyclic) bond motifs is 1. The molecule has 0 bridgehead atoms. The molecule has 1 amide bonds. The molecular weight excluding hydrogens is 338 g/mol. The van der Waals surface area contributed by atoms with Gasteiger partial charge in [-0.3, -0.25) is 14.7 Å². The first-order valence-corrected chi connectivity index (χ1v) is 8.30. The van der Waals surface area contributed by atoms with E-state index in [-0.39, 0.29) is 11.9 Å². The topological polar surface area (TPSA) is 61.0 Å². The van der Waals surface area contributed by atoms with Gasteiger partial charge in [0.1, 0.15) is 17.3 Å². The van der Waals surface area contributed by atoms with Gasteiger partial charge in [-0.15, -0.1) is 0 Å². The number of nitrogens with zero attached hydrogens (tertiary/aromatic N) is 2. The van der Waals surface area contributed by atoms with Crippen LogP contribution < -0.4 is 5.32 Å². The maximum atomic E-state index is 13.8. The summed E-state index contributed by atoms with van der Waals surface area (Å²) in [5.41, 5.74) is 1.62. The molecule has 0 radical (unpaired) electrons. The molecule has 2 N–H and O–H groups in total. The second-order valence-corrected chi connectivity index (χ2v) is 6.31. The van der Waals surface area contributed by atoms with Gasteiger partial charge in [-0.05, 0) is 32.2 Å². The molecule has 26 heavy (non-hydrogen) atoms. The number of hydrogen-bond acceptors (Lipinski definition) is 3. The van der Waals surface area contributed by atoms with Crippen LogP contribution in [0.5, 0.6) is 0 Å². The lowest BCUT2D eigenvalue weighted by atomic mass is 10.1. The number of benzene rings is 1. The minimum atomic E-state index is -0.597. The minimum Gasteiger partial charge on any atom is -0.361 e. The van der Waals surface area contributed by atoms with Crippen LogP contribution in [-0.2, 0) is 6.54 Å². The Kier molecular flexibility index (Phi) is 5.27. The van der Waals surface area contributed by atoms with Crippen LogP contribution >= 0.6 is 0 Å². The van der Waals surface area contributed by atoms with Gasteiger partial charge in [-0.2, -0.15) is 0 Å². The molecule has 2 heterocycles. The van der Waals surface area contributed by atoms with Gasteiger partial charge in [0.15, 0.2) is 0 Å². The van der Waals surface area contributed by atoms with Crippen LogP contribution in [0.25, 0.3) is 10.9 Å². The van der Waals surface area contributed by atoms with Gasteiger partial charge in [0, 0.05) is 54.1 Å². The number of rotatable bonds is 6. The quantitative estimate of drug-likeness (QED) is 0.712. The molecule has 2 aromatic heterocycles. The van der Waals surface area contributed by atoms with Crippen LogP contribution in [-0.4, -0.2) is 40.4 Å². The Hall–Kier alpha value is -2.80. The average Bonchev–Trinajstić information content (AvgIpc) is 3.10. The average molecular weight is 358 g/mol. The van der Waals surface area contributed by atoms with Gasteiger partial charge in [-0.1, -0.05) is 6.07 Å². The molecule has 3 rings (SSSR count). The fourth-order valence-electron chi connectivity index (χ4n) is 2.72. The van der Waals surface area contributed by atoms with E-state index >= 15 is 0 Å². The zero-order chi connectivity index (χ0) is 18.7. The number of hydrogen-bond donors (Lipinski definition) is 2. The van der Waals surface area contributed by atoms with E-state index in [1.54, 1.807) is 18.5 Å². The Bertz CT molecular complexity index is 925. The maximum Gasteiger partial charge on any atom is 0.270 e. The molecule has 7 heteroatoms. The molecule has 0 aliphatic heterocycles. The molecule has 0 fully saturated rings. The molecule has 5 nitrogen and oxygen atoms in total. The number of amides is 1. The van der Waals surface area contributed by atoms with Crippen molar-refractivity contribution >= 4 is 16.8 Å². The van der Waals surface area contributed by atoms with Crippen LogP contribution in [0, 0.1) is 11.6 Å². The fraction of sp³-hybridized carbons (Fsp3) is 0.263. The summed E-state index contributed by atoms with van der Waals surface area (Å²) in [5.74, 6) is -1.43.